The Morgan fingerprint density at radius 3 is 0.833 bits per heavy atom. The molecule has 0 saturated heterocycles. The van der Waals surface area contributed by atoms with Crippen molar-refractivity contribution in [1.29, 1.82) is 0 Å². The molecule has 0 aromatic carbocycles. The van der Waals surface area contributed by atoms with E-state index in [1.807, 2.05) is 0 Å². The summed E-state index contributed by atoms with van der Waals surface area (Å²) in [6.07, 6.45) is 0. The monoisotopic (exact) mass is 236 g/mol. The number of hydrogen-bond acceptors (Lipinski definition) is 0. The molecule has 0 radical (unpaired) electrons. The summed E-state index contributed by atoms with van der Waals surface area (Å²) in [5.41, 5.74) is 0. The van der Waals surface area contributed by atoms with Gasteiger partial charge in [-0.05, 0) is 0 Å². The molecule has 0 aromatic rings. The standard InChI is InChI=1S/3CH3.2ClH.Sb/h3*1H3;2*1H;/q;;;;;+2/p-2. The van der Waals surface area contributed by atoms with Gasteiger partial charge in [0.15, 0.2) is 0 Å². The van der Waals surface area contributed by atoms with Gasteiger partial charge < -0.3 is 24.8 Å². The molecule has 3 heteroatoms. The Morgan fingerprint density at radius 2 is 0.833 bits per heavy atom. The minimum atomic E-state index is -0.450. The van der Waals surface area contributed by atoms with E-state index in [2.05, 4.69) is 14.6 Å². The van der Waals surface area contributed by atoms with Crippen molar-refractivity contribution in [2.45, 2.75) is 14.6 Å². The van der Waals surface area contributed by atoms with Gasteiger partial charge in [-0.25, -0.2) is 0 Å². The van der Waals surface area contributed by atoms with Crippen LogP contribution in [-0.4, -0.2) is 20.2 Å². The van der Waals surface area contributed by atoms with E-state index < -0.39 is 20.2 Å². The zero-order valence-corrected chi connectivity index (χ0v) is 8.27. The van der Waals surface area contributed by atoms with Crippen LogP contribution >= 0.6 is 0 Å². The van der Waals surface area contributed by atoms with Crippen LogP contribution in [0.4, 0.5) is 0 Å². The maximum Gasteiger partial charge on any atom is -1.00 e. The summed E-state index contributed by atoms with van der Waals surface area (Å²) in [6.45, 7) is 0. The largest absolute Gasteiger partial charge is 1.00 e. The second-order valence-corrected chi connectivity index (χ2v) is 9.00. The number of rotatable bonds is 0. The molecule has 0 atom stereocenters. The first-order valence-corrected chi connectivity index (χ1v) is 9.00. The van der Waals surface area contributed by atoms with Gasteiger partial charge in [-0.3, -0.25) is 0 Å². The average molecular weight is 238 g/mol. The summed E-state index contributed by atoms with van der Waals surface area (Å²) in [7, 11) is 0. The van der Waals surface area contributed by atoms with E-state index >= 15 is 0 Å². The van der Waals surface area contributed by atoms with Crippen molar-refractivity contribution in [3.63, 3.8) is 0 Å². The van der Waals surface area contributed by atoms with Crippen molar-refractivity contribution < 1.29 is 24.8 Å². The van der Waals surface area contributed by atoms with Crippen LogP contribution in [0, 0.1) is 0 Å². The summed E-state index contributed by atoms with van der Waals surface area (Å²) in [5.74, 6) is 0. The summed E-state index contributed by atoms with van der Waals surface area (Å²) < 4.78 is 0. The van der Waals surface area contributed by atoms with Crippen molar-refractivity contribution in [2.75, 3.05) is 0 Å². The first-order chi connectivity index (χ1) is 1.73. The molecule has 0 bridgehead atoms. The van der Waals surface area contributed by atoms with E-state index in [1.165, 1.54) is 0 Å². The van der Waals surface area contributed by atoms with Crippen LogP contribution < -0.4 is 24.8 Å². The zero-order valence-electron chi connectivity index (χ0n) is 4.20. The van der Waals surface area contributed by atoms with Gasteiger partial charge >= 0.3 is 34.8 Å². The molecule has 6 heavy (non-hydrogen) atoms. The molecule has 0 amide bonds. The van der Waals surface area contributed by atoms with Gasteiger partial charge in [0.05, 0.1) is 0 Å². The topological polar surface area (TPSA) is 0 Å². The maximum absolute atomic E-state index is 2.35. The minimum absolute atomic E-state index is 0. The van der Waals surface area contributed by atoms with Crippen molar-refractivity contribution in [1.82, 2.24) is 0 Å². The maximum atomic E-state index is 2.35. The summed E-state index contributed by atoms with van der Waals surface area (Å²) >= 11 is -0.450. The Hall–Kier alpha value is 1.40. The van der Waals surface area contributed by atoms with E-state index in [9.17, 15) is 0 Å². The Labute approximate surface area is 59.5 Å². The van der Waals surface area contributed by atoms with Crippen LogP contribution in [0.5, 0.6) is 0 Å². The van der Waals surface area contributed by atoms with Crippen LogP contribution in [0.1, 0.15) is 0 Å². The van der Waals surface area contributed by atoms with E-state index in [0.29, 0.717) is 0 Å². The third-order valence-corrected chi connectivity index (χ3v) is 0. The van der Waals surface area contributed by atoms with Crippen molar-refractivity contribution >= 4 is 20.2 Å². The zero-order chi connectivity index (χ0) is 3.58. The van der Waals surface area contributed by atoms with Crippen molar-refractivity contribution in [3.8, 4) is 0 Å². The number of hydrogen-bond donors (Lipinski definition) is 0. The molecule has 0 nitrogen and oxygen atoms in total. The Bertz CT molecular complexity index is 13.5. The molecule has 0 N–H and O–H groups in total. The second kappa shape index (κ2) is 9.64. The molecule has 0 aromatic heterocycles. The minimum Gasteiger partial charge on any atom is -1.00 e. The van der Waals surface area contributed by atoms with Crippen LogP contribution in [0.25, 0.3) is 0 Å². The molecule has 40 valence electrons. The molecule has 0 rings (SSSR count). The summed E-state index contributed by atoms with van der Waals surface area (Å²) in [4.78, 5) is 7.05. The van der Waals surface area contributed by atoms with Gasteiger partial charge in [-0.2, -0.15) is 0 Å². The summed E-state index contributed by atoms with van der Waals surface area (Å²) in [6, 6.07) is 0. The predicted molar refractivity (Wildman–Crippen MR) is 23.3 cm³/mol. The van der Waals surface area contributed by atoms with Gasteiger partial charge in [0, 0.05) is 0 Å². The average Bonchev–Trinajstić information content (AvgIpc) is 0.811. The van der Waals surface area contributed by atoms with Crippen LogP contribution in [-0.2, 0) is 0 Å². The Kier molecular flexibility index (Phi) is 25.2. The van der Waals surface area contributed by atoms with E-state index in [-0.39, 0.29) is 24.8 Å². The smallest absolute Gasteiger partial charge is 1.00 e. The predicted octanol–water partition coefficient (Wildman–Crippen LogP) is -4.62. The summed E-state index contributed by atoms with van der Waals surface area (Å²) in [5, 5.41) is 0. The molecular weight excluding hydrogens is 229 g/mol. The molecule has 0 aliphatic carbocycles. The molecule has 0 aliphatic rings. The van der Waals surface area contributed by atoms with Gasteiger partial charge in [0.25, 0.3) is 0 Å². The van der Waals surface area contributed by atoms with E-state index in [1.54, 1.807) is 0 Å². The molecule has 0 heterocycles. The van der Waals surface area contributed by atoms with E-state index in [4.69, 9.17) is 0 Å². The van der Waals surface area contributed by atoms with Crippen molar-refractivity contribution in [2.24, 2.45) is 0 Å². The third kappa shape index (κ3) is 53.4. The quantitative estimate of drug-likeness (QED) is 0.372. The molecular formula is C3H9Cl2Sb. The Morgan fingerprint density at radius 1 is 0.833 bits per heavy atom. The number of halogens is 2. The Balaban J connectivity index is -0.0000000450. The van der Waals surface area contributed by atoms with Gasteiger partial charge in [0.1, 0.15) is 0 Å². The second-order valence-electron chi connectivity index (χ2n) is 1.34. The van der Waals surface area contributed by atoms with Gasteiger partial charge in [0.2, 0.25) is 0 Å². The van der Waals surface area contributed by atoms with Gasteiger partial charge in [-0.15, -0.1) is 0 Å². The fourth-order valence-electron chi connectivity index (χ4n) is 0. The fourth-order valence-corrected chi connectivity index (χ4v) is 0. The SMILES string of the molecule is [CH3][Sb+2]([CH3])[CH3].[Cl-].[Cl-]. The first-order valence-electron chi connectivity index (χ1n) is 1.34. The third-order valence-electron chi connectivity index (χ3n) is 0. The fraction of sp³-hybridized carbons (Fsp3) is 1.00. The van der Waals surface area contributed by atoms with Crippen LogP contribution in [0.3, 0.4) is 0 Å². The molecule has 0 spiro atoms. The van der Waals surface area contributed by atoms with Crippen molar-refractivity contribution in [3.05, 3.63) is 0 Å². The molecule has 0 aliphatic heterocycles. The normalized spacial score (nSPS) is 4.50. The van der Waals surface area contributed by atoms with E-state index in [0.717, 1.165) is 0 Å². The molecule has 0 fully saturated rings. The van der Waals surface area contributed by atoms with Gasteiger partial charge in [-0.1, -0.05) is 0 Å². The van der Waals surface area contributed by atoms with Crippen LogP contribution in [0.15, 0.2) is 0 Å². The first kappa shape index (κ1) is 15.7. The molecule has 0 saturated carbocycles. The van der Waals surface area contributed by atoms with Crippen LogP contribution in [0.2, 0.25) is 14.6 Å². The molecule has 0 unspecified atom stereocenters.